The van der Waals surface area contributed by atoms with Gasteiger partial charge in [0.05, 0.1) is 17.7 Å². The van der Waals surface area contributed by atoms with E-state index in [-0.39, 0.29) is 44.7 Å². The van der Waals surface area contributed by atoms with Crippen molar-refractivity contribution >= 4 is 24.2 Å². The molecule has 0 radical (unpaired) electrons. The number of carbonyl (C=O) groups is 2. The second-order valence-electron chi connectivity index (χ2n) is 8.77. The van der Waals surface area contributed by atoms with Gasteiger partial charge < -0.3 is 10.6 Å². The molecular formula is C24H26ClF6N3O2. The van der Waals surface area contributed by atoms with Gasteiger partial charge in [-0.3, -0.25) is 14.5 Å². The highest BCUT2D eigenvalue weighted by atomic mass is 35.5. The first-order chi connectivity index (χ1) is 16.1. The number of amides is 2. The second kappa shape index (κ2) is 11.1. The summed E-state index contributed by atoms with van der Waals surface area (Å²) < 4.78 is 79.8. The van der Waals surface area contributed by atoms with E-state index in [2.05, 4.69) is 0 Å². The molecule has 0 bridgehead atoms. The molecular weight excluding hydrogens is 512 g/mol. The van der Waals surface area contributed by atoms with Gasteiger partial charge in [0.25, 0.3) is 5.91 Å². The van der Waals surface area contributed by atoms with Crippen molar-refractivity contribution in [1.29, 1.82) is 0 Å². The van der Waals surface area contributed by atoms with Gasteiger partial charge in [0, 0.05) is 31.2 Å². The Balaban J connectivity index is 0.00000456. The van der Waals surface area contributed by atoms with Gasteiger partial charge >= 0.3 is 12.4 Å². The molecule has 12 heteroatoms. The molecule has 0 aliphatic carbocycles. The van der Waals surface area contributed by atoms with Gasteiger partial charge in [0.2, 0.25) is 5.91 Å². The summed E-state index contributed by atoms with van der Waals surface area (Å²) >= 11 is 0. The maximum absolute atomic E-state index is 13.3. The number of piperazine rings is 1. The van der Waals surface area contributed by atoms with Crippen LogP contribution in [0.3, 0.4) is 0 Å². The van der Waals surface area contributed by atoms with Crippen molar-refractivity contribution < 1.29 is 35.9 Å². The van der Waals surface area contributed by atoms with E-state index >= 15 is 0 Å². The first-order valence-corrected chi connectivity index (χ1v) is 10.8. The third-order valence-electron chi connectivity index (χ3n) is 6.08. The average molecular weight is 538 g/mol. The van der Waals surface area contributed by atoms with Gasteiger partial charge in [0.1, 0.15) is 0 Å². The van der Waals surface area contributed by atoms with Gasteiger partial charge in [-0.25, -0.2) is 0 Å². The van der Waals surface area contributed by atoms with Crippen LogP contribution < -0.4 is 5.73 Å². The number of nitrogens with two attached hydrogens (primary N) is 1. The molecule has 0 saturated carbocycles. The van der Waals surface area contributed by atoms with Crippen LogP contribution in [-0.4, -0.2) is 53.8 Å². The molecule has 1 atom stereocenters. The quantitative estimate of drug-likeness (QED) is 0.566. The lowest BCUT2D eigenvalue weighted by molar-refractivity contribution is -0.143. The number of nitrogens with zero attached hydrogens (tertiary/aromatic N) is 2. The van der Waals surface area contributed by atoms with Gasteiger partial charge in [-0.2, -0.15) is 26.3 Å². The predicted molar refractivity (Wildman–Crippen MR) is 124 cm³/mol. The largest absolute Gasteiger partial charge is 0.416 e. The summed E-state index contributed by atoms with van der Waals surface area (Å²) in [5.74, 6) is -1.52. The Morgan fingerprint density at radius 3 is 2.00 bits per heavy atom. The van der Waals surface area contributed by atoms with Gasteiger partial charge in [0.15, 0.2) is 0 Å². The summed E-state index contributed by atoms with van der Waals surface area (Å²) in [4.78, 5) is 27.7. The maximum Gasteiger partial charge on any atom is 0.416 e. The third-order valence-corrected chi connectivity index (χ3v) is 6.08. The zero-order chi connectivity index (χ0) is 26.1. The molecule has 198 valence electrons. The lowest BCUT2D eigenvalue weighted by Crippen LogP contribution is -2.57. The van der Waals surface area contributed by atoms with E-state index < -0.39 is 46.9 Å². The maximum atomic E-state index is 13.3. The van der Waals surface area contributed by atoms with E-state index in [9.17, 15) is 35.9 Å². The number of hydrogen-bond donors (Lipinski definition) is 1. The highest BCUT2D eigenvalue weighted by Gasteiger charge is 2.39. The molecule has 1 saturated heterocycles. The second-order valence-corrected chi connectivity index (χ2v) is 8.77. The van der Waals surface area contributed by atoms with Crippen LogP contribution in [0.2, 0.25) is 0 Å². The van der Waals surface area contributed by atoms with Crippen molar-refractivity contribution in [2.75, 3.05) is 26.2 Å². The first kappa shape index (κ1) is 29.4. The minimum Gasteiger partial charge on any atom is -0.369 e. The lowest BCUT2D eigenvalue weighted by Gasteiger charge is -2.41. The van der Waals surface area contributed by atoms with Gasteiger partial charge in [-0.1, -0.05) is 18.2 Å². The third kappa shape index (κ3) is 7.13. The molecule has 0 aromatic heterocycles. The number of alkyl halides is 6. The molecule has 1 aliphatic heterocycles. The molecule has 1 aliphatic rings. The molecule has 2 amide bonds. The molecule has 1 heterocycles. The zero-order valence-electron chi connectivity index (χ0n) is 19.5. The highest BCUT2D eigenvalue weighted by Crippen LogP contribution is 2.37. The van der Waals surface area contributed by atoms with Gasteiger partial charge in [-0.05, 0) is 55.2 Å². The minimum absolute atomic E-state index is 0. The summed E-state index contributed by atoms with van der Waals surface area (Å²) in [5, 5.41) is 0. The van der Waals surface area contributed by atoms with E-state index in [1.54, 1.807) is 4.90 Å². The molecule has 1 fully saturated rings. The summed E-state index contributed by atoms with van der Waals surface area (Å²) in [6.45, 7) is 4.15. The van der Waals surface area contributed by atoms with Crippen LogP contribution in [0, 0.1) is 13.8 Å². The van der Waals surface area contributed by atoms with Crippen LogP contribution in [0.5, 0.6) is 0 Å². The number of carbonyl (C=O) groups excluding carboxylic acids is 2. The number of primary amides is 1. The Labute approximate surface area is 210 Å². The predicted octanol–water partition coefficient (Wildman–Crippen LogP) is 4.62. The van der Waals surface area contributed by atoms with E-state index in [1.807, 2.05) is 32.0 Å². The van der Waals surface area contributed by atoms with Gasteiger partial charge in [-0.15, -0.1) is 12.4 Å². The fourth-order valence-electron chi connectivity index (χ4n) is 4.17. The fraction of sp³-hybridized carbons (Fsp3) is 0.417. The number of halogens is 7. The normalized spacial score (nSPS) is 17.0. The molecule has 0 spiro atoms. The van der Waals surface area contributed by atoms with Crippen molar-refractivity contribution in [3.8, 4) is 0 Å². The summed E-state index contributed by atoms with van der Waals surface area (Å²) in [6, 6.07) is 5.95. The Kier molecular flexibility index (Phi) is 9.06. The molecule has 2 N–H and O–H groups in total. The molecule has 2 aromatic rings. The lowest BCUT2D eigenvalue weighted by atomic mass is 9.97. The number of benzene rings is 2. The fourth-order valence-corrected chi connectivity index (χ4v) is 4.17. The topological polar surface area (TPSA) is 66.6 Å². The van der Waals surface area contributed by atoms with Crippen LogP contribution in [0.4, 0.5) is 26.3 Å². The minimum atomic E-state index is -5.06. The van der Waals surface area contributed by atoms with Crippen LogP contribution in [0.15, 0.2) is 36.4 Å². The Bertz CT molecular complexity index is 1090. The van der Waals surface area contributed by atoms with Crippen molar-refractivity contribution in [1.82, 2.24) is 9.80 Å². The van der Waals surface area contributed by atoms with Crippen molar-refractivity contribution in [2.45, 2.75) is 38.7 Å². The van der Waals surface area contributed by atoms with Crippen molar-refractivity contribution in [3.05, 3.63) is 69.8 Å². The zero-order valence-corrected chi connectivity index (χ0v) is 20.4. The standard InChI is InChI=1S/C24H25F6N3O2.ClH/c1-14-3-4-16(7-15(14)2)8-20-12-32(13-21(31)34)5-6-33(20)22(35)17-9-18(23(25,26)27)11-19(10-17)24(28,29)30;/h3-4,7,9-11,20H,5-6,8,12-13H2,1-2H3,(H2,31,34);1H/t20-;/m1./s1. The number of hydrogen-bond acceptors (Lipinski definition) is 3. The van der Waals surface area contributed by atoms with E-state index in [0.717, 1.165) is 16.7 Å². The molecule has 5 nitrogen and oxygen atoms in total. The van der Waals surface area contributed by atoms with E-state index in [0.29, 0.717) is 18.6 Å². The van der Waals surface area contributed by atoms with Crippen LogP contribution in [0.25, 0.3) is 0 Å². The summed E-state index contributed by atoms with van der Waals surface area (Å²) in [5.41, 5.74) is 4.38. The first-order valence-electron chi connectivity index (χ1n) is 10.8. The van der Waals surface area contributed by atoms with Crippen molar-refractivity contribution in [3.63, 3.8) is 0 Å². The van der Waals surface area contributed by atoms with Crippen molar-refractivity contribution in [2.24, 2.45) is 5.73 Å². The van der Waals surface area contributed by atoms with E-state index in [4.69, 9.17) is 5.73 Å². The van der Waals surface area contributed by atoms with Crippen LogP contribution >= 0.6 is 12.4 Å². The number of rotatable bonds is 5. The Morgan fingerprint density at radius 2 is 1.50 bits per heavy atom. The molecule has 0 unspecified atom stereocenters. The van der Waals surface area contributed by atoms with Crippen LogP contribution in [-0.2, 0) is 23.6 Å². The Morgan fingerprint density at radius 1 is 0.917 bits per heavy atom. The molecule has 36 heavy (non-hydrogen) atoms. The molecule has 3 rings (SSSR count). The average Bonchev–Trinajstić information content (AvgIpc) is 2.74. The summed E-state index contributed by atoms with van der Waals surface area (Å²) in [7, 11) is 0. The summed E-state index contributed by atoms with van der Waals surface area (Å²) in [6.07, 6.45) is -9.82. The van der Waals surface area contributed by atoms with E-state index in [1.165, 1.54) is 4.90 Å². The van der Waals surface area contributed by atoms with Crippen LogP contribution in [0.1, 0.15) is 38.2 Å². The monoisotopic (exact) mass is 537 g/mol. The number of aryl methyl sites for hydroxylation is 2. The smallest absolute Gasteiger partial charge is 0.369 e. The Hall–Kier alpha value is -2.79. The SMILES string of the molecule is Cc1ccc(C[C@@H]2CN(CC(N)=O)CCN2C(=O)c2cc(C(F)(F)F)cc(C(F)(F)F)c2)cc1C.Cl. The highest BCUT2D eigenvalue weighted by molar-refractivity contribution is 5.95. The molecule has 2 aromatic carbocycles.